The maximum atomic E-state index is 10.5. The van der Waals surface area contributed by atoms with Crippen LogP contribution in [-0.2, 0) is 4.79 Å². The van der Waals surface area contributed by atoms with Gasteiger partial charge in [0, 0.05) is 0 Å². The molecule has 0 spiro atoms. The third kappa shape index (κ3) is 3.91. The van der Waals surface area contributed by atoms with Crippen molar-refractivity contribution in [3.05, 3.63) is 0 Å². The van der Waals surface area contributed by atoms with Crippen LogP contribution in [0.25, 0.3) is 0 Å². The first-order chi connectivity index (χ1) is 2.94. The summed E-state index contributed by atoms with van der Waals surface area (Å²) in [6.07, 6.45) is -5.19. The predicted octanol–water partition coefficient (Wildman–Crippen LogP) is -3.70. The van der Waals surface area contributed by atoms with Crippen LogP contribution >= 0.6 is 0 Å². The van der Waals surface area contributed by atoms with Gasteiger partial charge in [0.25, 0.3) is 0 Å². The molecule has 8 heavy (non-hydrogen) atoms. The fourth-order valence-electron chi connectivity index (χ4n) is 0. The van der Waals surface area contributed by atoms with Crippen LogP contribution < -0.4 is 22.1 Å². The van der Waals surface area contributed by atoms with Gasteiger partial charge in [-0.3, -0.25) is 0 Å². The molecular weight excluding hydrogens is 193 g/mol. The second kappa shape index (κ2) is 2.91. The molecule has 0 atom stereocenters. The average Bonchev–Trinajstić information content (AvgIpc) is 1.31. The fraction of sp³-hybridized carbons (Fsp3) is 0.500. The zero-order chi connectivity index (χ0) is 6.08. The second-order valence-electron chi connectivity index (χ2n) is 0.785. The Hall–Kier alpha value is -0.260. The highest BCUT2D eigenvalue weighted by Crippen LogP contribution is 2.11. The lowest BCUT2D eigenvalue weighted by molar-refractivity contribution is -0.344. The van der Waals surface area contributed by atoms with Crippen molar-refractivity contribution in [2.75, 3.05) is 0 Å². The Morgan fingerprint density at radius 3 is 1.50 bits per heavy atom. The minimum Gasteiger partial charge on any atom is -1.00 e. The second-order valence-corrected chi connectivity index (χ2v) is 0.785. The number of carboxylic acid groups (broad SMARTS) is 1. The van der Waals surface area contributed by atoms with Crippen molar-refractivity contribution in [1.29, 1.82) is 0 Å². The molecule has 0 fully saturated rings. The van der Waals surface area contributed by atoms with E-state index in [4.69, 9.17) is 9.90 Å². The van der Waals surface area contributed by atoms with E-state index in [1.807, 2.05) is 0 Å². The van der Waals surface area contributed by atoms with Gasteiger partial charge in [-0.25, -0.2) is 0 Å². The molecule has 0 heterocycles. The van der Waals surface area contributed by atoms with Crippen molar-refractivity contribution in [2.45, 2.75) is 6.18 Å². The molecule has 0 amide bonds. The predicted molar refractivity (Wildman–Crippen MR) is 11.1 cm³/mol. The highest BCUT2D eigenvalue weighted by atomic mass is 79.9. The highest BCUT2D eigenvalue weighted by molar-refractivity contribution is 5.70. The Morgan fingerprint density at radius 2 is 1.50 bits per heavy atom. The molecule has 0 rings (SSSR count). The summed E-state index contributed by atoms with van der Waals surface area (Å²) >= 11 is 0. The largest absolute Gasteiger partial charge is 1.00 e. The minimum absolute atomic E-state index is 0. The lowest BCUT2D eigenvalue weighted by Crippen LogP contribution is -3.00. The summed E-state index contributed by atoms with van der Waals surface area (Å²) in [7, 11) is 0. The van der Waals surface area contributed by atoms with E-state index in [1.54, 1.807) is 0 Å². The molecule has 6 heteroatoms. The SMILES string of the molecule is O=C([O-])C(F)(F)F.[Br-]. The fourth-order valence-corrected chi connectivity index (χ4v) is 0. The molecule has 0 radical (unpaired) electrons. The normalized spacial score (nSPS) is 9.88. The first-order valence-electron chi connectivity index (χ1n) is 1.23. The van der Waals surface area contributed by atoms with Crippen LogP contribution in [0, 0.1) is 0 Å². The maximum Gasteiger partial charge on any atom is 0.430 e. The van der Waals surface area contributed by atoms with Crippen LogP contribution in [0.2, 0.25) is 0 Å². The molecule has 0 aliphatic carbocycles. The van der Waals surface area contributed by atoms with Gasteiger partial charge in [-0.2, -0.15) is 13.2 Å². The van der Waals surface area contributed by atoms with E-state index in [1.165, 1.54) is 0 Å². The zero-order valence-electron chi connectivity index (χ0n) is 3.33. The maximum absolute atomic E-state index is 10.5. The molecule has 0 aromatic rings. The molecule has 0 saturated carbocycles. The molecule has 0 aromatic heterocycles. The van der Waals surface area contributed by atoms with Crippen molar-refractivity contribution < 1.29 is 40.1 Å². The quantitative estimate of drug-likeness (QED) is 0.397. The molecule has 0 aromatic carbocycles. The zero-order valence-corrected chi connectivity index (χ0v) is 4.91. The van der Waals surface area contributed by atoms with Gasteiger partial charge in [-0.05, 0) is 0 Å². The van der Waals surface area contributed by atoms with Crippen molar-refractivity contribution in [3.8, 4) is 0 Å². The van der Waals surface area contributed by atoms with Crippen LogP contribution in [0.15, 0.2) is 0 Å². The van der Waals surface area contributed by atoms with Gasteiger partial charge in [0.2, 0.25) is 0 Å². The summed E-state index contributed by atoms with van der Waals surface area (Å²) < 4.78 is 31.5. The van der Waals surface area contributed by atoms with E-state index < -0.39 is 12.1 Å². The van der Waals surface area contributed by atoms with E-state index >= 15 is 0 Å². The van der Waals surface area contributed by atoms with E-state index in [0.717, 1.165) is 0 Å². The number of hydrogen-bond donors (Lipinski definition) is 0. The lowest BCUT2D eigenvalue weighted by Gasteiger charge is -2.03. The monoisotopic (exact) mass is 192 g/mol. The third-order valence-corrected chi connectivity index (χ3v) is 0.231. The number of carbonyl (C=O) groups is 1. The molecule has 0 aliphatic rings. The van der Waals surface area contributed by atoms with Gasteiger partial charge < -0.3 is 26.9 Å². The molecule has 50 valence electrons. The summed E-state index contributed by atoms with van der Waals surface area (Å²) in [5.41, 5.74) is 0. The number of aliphatic carboxylic acids is 1. The topological polar surface area (TPSA) is 40.1 Å². The van der Waals surface area contributed by atoms with Gasteiger partial charge in [-0.1, -0.05) is 0 Å². The van der Waals surface area contributed by atoms with Crippen LogP contribution in [0.5, 0.6) is 0 Å². The number of carboxylic acids is 1. The lowest BCUT2D eigenvalue weighted by atomic mass is 10.7. The van der Waals surface area contributed by atoms with Crippen molar-refractivity contribution in [2.24, 2.45) is 0 Å². The molecule has 0 bridgehead atoms. The van der Waals surface area contributed by atoms with Crippen molar-refractivity contribution in [3.63, 3.8) is 0 Å². The first-order valence-corrected chi connectivity index (χ1v) is 1.23. The van der Waals surface area contributed by atoms with Crippen LogP contribution in [0.4, 0.5) is 13.2 Å². The molecule has 0 aliphatic heterocycles. The standard InChI is InChI=1S/C2HF3O2.BrH/c3-2(4,5)1(6)7;/h(H,6,7);1H/p-2. The molecule has 0 unspecified atom stereocenters. The molecule has 2 nitrogen and oxygen atoms in total. The molecular formula is C2BrF3O2-2. The van der Waals surface area contributed by atoms with Gasteiger partial charge >= 0.3 is 6.18 Å². The number of rotatable bonds is 0. The van der Waals surface area contributed by atoms with Crippen LogP contribution in [-0.4, -0.2) is 12.1 Å². The number of hydrogen-bond acceptors (Lipinski definition) is 2. The number of alkyl halides is 3. The van der Waals surface area contributed by atoms with Crippen LogP contribution in [0.3, 0.4) is 0 Å². The Bertz CT molecular complexity index is 87.8. The first kappa shape index (κ1) is 10.7. The average molecular weight is 193 g/mol. The van der Waals surface area contributed by atoms with E-state index in [2.05, 4.69) is 0 Å². The smallest absolute Gasteiger partial charge is 0.430 e. The molecule has 0 saturated heterocycles. The van der Waals surface area contributed by atoms with Gasteiger partial charge in [0.05, 0.1) is 0 Å². The Labute approximate surface area is 53.1 Å². The van der Waals surface area contributed by atoms with Crippen molar-refractivity contribution in [1.82, 2.24) is 0 Å². The van der Waals surface area contributed by atoms with E-state index in [0.29, 0.717) is 0 Å². The Kier molecular flexibility index (Phi) is 3.88. The number of carbonyl (C=O) groups excluding carboxylic acids is 1. The van der Waals surface area contributed by atoms with Gasteiger partial charge in [-0.15, -0.1) is 0 Å². The Morgan fingerprint density at radius 1 is 1.38 bits per heavy atom. The van der Waals surface area contributed by atoms with Crippen molar-refractivity contribution >= 4 is 5.97 Å². The Balaban J connectivity index is 0. The molecule has 0 N–H and O–H groups in total. The third-order valence-electron chi connectivity index (χ3n) is 0.231. The van der Waals surface area contributed by atoms with E-state index in [-0.39, 0.29) is 17.0 Å². The number of halogens is 4. The summed E-state index contributed by atoms with van der Waals surface area (Å²) in [4.78, 5) is 8.78. The van der Waals surface area contributed by atoms with Gasteiger partial charge in [0.15, 0.2) is 0 Å². The van der Waals surface area contributed by atoms with Gasteiger partial charge in [0.1, 0.15) is 5.97 Å². The summed E-state index contributed by atoms with van der Waals surface area (Å²) in [6.45, 7) is 0. The highest BCUT2D eigenvalue weighted by Gasteiger charge is 2.28. The minimum atomic E-state index is -5.19. The summed E-state index contributed by atoms with van der Waals surface area (Å²) in [5, 5.41) is 8.78. The summed E-state index contributed by atoms with van der Waals surface area (Å²) in [5.74, 6) is -3.01. The summed E-state index contributed by atoms with van der Waals surface area (Å²) in [6, 6.07) is 0. The van der Waals surface area contributed by atoms with Crippen LogP contribution in [0.1, 0.15) is 0 Å². The van der Waals surface area contributed by atoms with E-state index in [9.17, 15) is 13.2 Å².